The van der Waals surface area contributed by atoms with Crippen LogP contribution < -0.4 is 10.6 Å². The van der Waals surface area contributed by atoms with Crippen molar-refractivity contribution in [2.45, 2.75) is 19.8 Å². The maximum absolute atomic E-state index is 12.3. The van der Waals surface area contributed by atoms with Crippen molar-refractivity contribution >= 4 is 23.4 Å². The van der Waals surface area contributed by atoms with E-state index in [1.807, 2.05) is 0 Å². The minimum absolute atomic E-state index is 0.00165. The second-order valence-corrected chi connectivity index (χ2v) is 6.99. The predicted molar refractivity (Wildman–Crippen MR) is 101 cm³/mol. The van der Waals surface area contributed by atoms with Gasteiger partial charge in [-0.2, -0.15) is 0 Å². The third-order valence-electron chi connectivity index (χ3n) is 4.51. The van der Waals surface area contributed by atoms with E-state index in [9.17, 15) is 14.4 Å². The van der Waals surface area contributed by atoms with Gasteiger partial charge in [-0.05, 0) is 50.0 Å². The number of rotatable bonds is 6. The molecular weight excluding hydrogens is 332 g/mol. The summed E-state index contributed by atoms with van der Waals surface area (Å²) in [5.74, 6) is 0.302. The number of nitrogens with one attached hydrogen (secondary N) is 2. The van der Waals surface area contributed by atoms with E-state index in [1.165, 1.54) is 11.8 Å². The zero-order valence-electron chi connectivity index (χ0n) is 15.7. The molecule has 1 saturated heterocycles. The molecule has 142 valence electrons. The molecule has 0 unspecified atom stereocenters. The van der Waals surface area contributed by atoms with Gasteiger partial charge in [-0.15, -0.1) is 0 Å². The van der Waals surface area contributed by atoms with Crippen LogP contribution in [0.25, 0.3) is 0 Å². The molecule has 1 aromatic carbocycles. The minimum Gasteiger partial charge on any atom is -0.356 e. The van der Waals surface area contributed by atoms with Crippen LogP contribution in [0.5, 0.6) is 0 Å². The number of hydrogen-bond donors (Lipinski definition) is 2. The quantitative estimate of drug-likeness (QED) is 0.798. The molecule has 7 nitrogen and oxygen atoms in total. The highest BCUT2D eigenvalue weighted by Crippen LogP contribution is 2.17. The minimum atomic E-state index is -0.0951. The van der Waals surface area contributed by atoms with Crippen molar-refractivity contribution in [1.82, 2.24) is 15.1 Å². The highest BCUT2D eigenvalue weighted by molar-refractivity contribution is 5.97. The molecule has 0 aliphatic carbocycles. The van der Waals surface area contributed by atoms with E-state index in [1.54, 1.807) is 38.4 Å². The molecule has 26 heavy (non-hydrogen) atoms. The molecule has 2 rings (SSSR count). The van der Waals surface area contributed by atoms with E-state index in [2.05, 4.69) is 15.5 Å². The smallest absolute Gasteiger partial charge is 0.253 e. The lowest BCUT2D eigenvalue weighted by Crippen LogP contribution is -2.41. The average molecular weight is 360 g/mol. The molecule has 0 bridgehead atoms. The number of carbonyl (C=O) groups is 3. The molecule has 1 aliphatic rings. The standard InChI is InChI=1S/C19H28N4O3/c1-14(24)20-12-15-7-9-23(10-8-15)13-18(25)21-17-6-4-5-16(11-17)19(26)22(2)3/h4-6,11,15H,7-10,12-13H2,1-3H3,(H,20,24)(H,21,25). The number of amides is 3. The first-order valence-corrected chi connectivity index (χ1v) is 8.93. The zero-order chi connectivity index (χ0) is 19.1. The second-order valence-electron chi connectivity index (χ2n) is 6.99. The molecular formula is C19H28N4O3. The van der Waals surface area contributed by atoms with E-state index in [-0.39, 0.29) is 17.7 Å². The topological polar surface area (TPSA) is 81.8 Å². The van der Waals surface area contributed by atoms with E-state index in [0.29, 0.717) is 30.3 Å². The first kappa shape index (κ1) is 19.9. The summed E-state index contributed by atoms with van der Waals surface area (Å²) in [5, 5.41) is 5.72. The third-order valence-corrected chi connectivity index (χ3v) is 4.51. The normalized spacial score (nSPS) is 15.3. The van der Waals surface area contributed by atoms with Crippen molar-refractivity contribution in [2.24, 2.45) is 5.92 Å². The predicted octanol–water partition coefficient (Wildman–Crippen LogP) is 1.18. The molecule has 1 heterocycles. The fourth-order valence-electron chi connectivity index (χ4n) is 3.03. The van der Waals surface area contributed by atoms with Crippen molar-refractivity contribution in [1.29, 1.82) is 0 Å². The Hall–Kier alpha value is -2.41. The lowest BCUT2D eigenvalue weighted by atomic mass is 9.97. The molecule has 3 amide bonds. The van der Waals surface area contributed by atoms with Crippen molar-refractivity contribution < 1.29 is 14.4 Å². The van der Waals surface area contributed by atoms with Gasteiger partial charge in [0.2, 0.25) is 11.8 Å². The lowest BCUT2D eigenvalue weighted by Gasteiger charge is -2.31. The number of benzene rings is 1. The summed E-state index contributed by atoms with van der Waals surface area (Å²) in [6.07, 6.45) is 1.95. The van der Waals surface area contributed by atoms with Crippen LogP contribution in [0.15, 0.2) is 24.3 Å². The summed E-state index contributed by atoms with van der Waals surface area (Å²) in [5.41, 5.74) is 1.18. The van der Waals surface area contributed by atoms with Crippen LogP contribution in [0.2, 0.25) is 0 Å². The first-order chi connectivity index (χ1) is 12.3. The summed E-state index contributed by atoms with van der Waals surface area (Å²) in [4.78, 5) is 38.9. The van der Waals surface area contributed by atoms with Crippen LogP contribution in [0.3, 0.4) is 0 Å². The number of anilines is 1. The molecule has 7 heteroatoms. The SMILES string of the molecule is CC(=O)NCC1CCN(CC(=O)Nc2cccc(C(=O)N(C)C)c2)CC1. The summed E-state index contributed by atoms with van der Waals surface area (Å²) < 4.78 is 0. The van der Waals surface area contributed by atoms with Gasteiger partial charge in [-0.1, -0.05) is 6.07 Å². The van der Waals surface area contributed by atoms with Crippen LogP contribution in [0, 0.1) is 5.92 Å². The Kier molecular flexibility index (Phi) is 7.15. The average Bonchev–Trinajstić information content (AvgIpc) is 2.60. The Morgan fingerprint density at radius 2 is 1.88 bits per heavy atom. The lowest BCUT2D eigenvalue weighted by molar-refractivity contribution is -0.119. The number of hydrogen-bond acceptors (Lipinski definition) is 4. The molecule has 2 N–H and O–H groups in total. The van der Waals surface area contributed by atoms with E-state index in [4.69, 9.17) is 0 Å². The van der Waals surface area contributed by atoms with Crippen LogP contribution in [0.4, 0.5) is 5.69 Å². The number of nitrogens with zero attached hydrogens (tertiary/aromatic N) is 2. The summed E-state index contributed by atoms with van der Waals surface area (Å²) in [6.45, 7) is 4.26. The first-order valence-electron chi connectivity index (χ1n) is 8.93. The zero-order valence-corrected chi connectivity index (χ0v) is 15.7. The Balaban J connectivity index is 1.80. The number of piperidine rings is 1. The number of likely N-dealkylation sites (tertiary alicyclic amines) is 1. The van der Waals surface area contributed by atoms with Crippen LogP contribution in [0.1, 0.15) is 30.1 Å². The molecule has 0 radical (unpaired) electrons. The van der Waals surface area contributed by atoms with Crippen LogP contribution in [-0.2, 0) is 9.59 Å². The van der Waals surface area contributed by atoms with Gasteiger partial charge >= 0.3 is 0 Å². The maximum Gasteiger partial charge on any atom is 0.253 e. The molecule has 0 spiro atoms. The Morgan fingerprint density at radius 3 is 2.50 bits per heavy atom. The highest BCUT2D eigenvalue weighted by Gasteiger charge is 2.21. The van der Waals surface area contributed by atoms with Gasteiger partial charge in [-0.3, -0.25) is 19.3 Å². The van der Waals surface area contributed by atoms with Crippen LogP contribution >= 0.6 is 0 Å². The van der Waals surface area contributed by atoms with Gasteiger partial charge in [-0.25, -0.2) is 0 Å². The molecule has 1 fully saturated rings. The van der Waals surface area contributed by atoms with Crippen molar-refractivity contribution in [3.8, 4) is 0 Å². The molecule has 0 saturated carbocycles. The molecule has 1 aliphatic heterocycles. The Labute approximate surface area is 154 Å². The summed E-state index contributed by atoms with van der Waals surface area (Å²) in [6, 6.07) is 6.97. The van der Waals surface area contributed by atoms with Gasteiger partial charge in [0.1, 0.15) is 0 Å². The Morgan fingerprint density at radius 1 is 1.19 bits per heavy atom. The largest absolute Gasteiger partial charge is 0.356 e. The van der Waals surface area contributed by atoms with Crippen LogP contribution in [-0.4, -0.2) is 67.8 Å². The second kappa shape index (κ2) is 9.33. The fourth-order valence-corrected chi connectivity index (χ4v) is 3.03. The number of carbonyl (C=O) groups excluding carboxylic acids is 3. The Bertz CT molecular complexity index is 652. The van der Waals surface area contributed by atoms with Crippen molar-refractivity contribution in [3.05, 3.63) is 29.8 Å². The molecule has 1 aromatic rings. The van der Waals surface area contributed by atoms with Gasteiger partial charge in [0.05, 0.1) is 6.54 Å². The maximum atomic E-state index is 12.3. The van der Waals surface area contributed by atoms with Gasteiger partial charge in [0.15, 0.2) is 0 Å². The third kappa shape index (κ3) is 6.15. The summed E-state index contributed by atoms with van der Waals surface area (Å²) >= 11 is 0. The fraction of sp³-hybridized carbons (Fsp3) is 0.526. The van der Waals surface area contributed by atoms with Crippen molar-refractivity contribution in [3.63, 3.8) is 0 Å². The monoisotopic (exact) mass is 360 g/mol. The molecule has 0 aromatic heterocycles. The summed E-state index contributed by atoms with van der Waals surface area (Å²) in [7, 11) is 3.40. The van der Waals surface area contributed by atoms with E-state index >= 15 is 0 Å². The van der Waals surface area contributed by atoms with Gasteiger partial charge in [0.25, 0.3) is 5.91 Å². The van der Waals surface area contributed by atoms with E-state index < -0.39 is 0 Å². The van der Waals surface area contributed by atoms with E-state index in [0.717, 1.165) is 25.9 Å². The molecule has 0 atom stereocenters. The van der Waals surface area contributed by atoms with Gasteiger partial charge in [0, 0.05) is 38.8 Å². The van der Waals surface area contributed by atoms with Gasteiger partial charge < -0.3 is 15.5 Å². The highest BCUT2D eigenvalue weighted by atomic mass is 16.2. The van der Waals surface area contributed by atoms with Crippen molar-refractivity contribution in [2.75, 3.05) is 45.6 Å².